The van der Waals surface area contributed by atoms with Gasteiger partial charge in [-0.2, -0.15) is 4.37 Å². The first kappa shape index (κ1) is 19.2. The van der Waals surface area contributed by atoms with E-state index in [1.54, 1.807) is 18.2 Å². The molecule has 1 aliphatic rings. The van der Waals surface area contributed by atoms with Gasteiger partial charge in [0.05, 0.1) is 0 Å². The van der Waals surface area contributed by atoms with Gasteiger partial charge < -0.3 is 9.80 Å². The van der Waals surface area contributed by atoms with Crippen LogP contribution in [0.2, 0.25) is 10.0 Å². The molecule has 2 heterocycles. The summed E-state index contributed by atoms with van der Waals surface area (Å²) >= 11 is 13.5. The topological polar surface area (TPSA) is 49.3 Å². The minimum absolute atomic E-state index is 0.0499. The smallest absolute Gasteiger partial charge is 0.254 e. The number of carbonyl (C=O) groups is 1. The Bertz CT molecular complexity index is 951. The van der Waals surface area contributed by atoms with Gasteiger partial charge >= 0.3 is 0 Å². The molecule has 1 aromatic heterocycles. The molecule has 0 radical (unpaired) electrons. The summed E-state index contributed by atoms with van der Waals surface area (Å²) in [7, 11) is 0. The van der Waals surface area contributed by atoms with Gasteiger partial charge in [-0.3, -0.25) is 4.79 Å². The van der Waals surface area contributed by atoms with Crippen molar-refractivity contribution < 1.29 is 4.79 Å². The molecular weight excluding hydrogens is 415 g/mol. The van der Waals surface area contributed by atoms with Crippen molar-refractivity contribution in [2.75, 3.05) is 31.1 Å². The van der Waals surface area contributed by atoms with E-state index in [0.29, 0.717) is 28.7 Å². The zero-order chi connectivity index (χ0) is 19.5. The zero-order valence-electron chi connectivity index (χ0n) is 15.0. The van der Waals surface area contributed by atoms with Crippen LogP contribution < -0.4 is 4.90 Å². The summed E-state index contributed by atoms with van der Waals surface area (Å²) in [5.74, 6) is 0.782. The second-order valence-electron chi connectivity index (χ2n) is 6.59. The van der Waals surface area contributed by atoms with E-state index in [9.17, 15) is 4.79 Å². The molecular formula is C20H18Cl2N4OS. The molecule has 0 atom stereocenters. The van der Waals surface area contributed by atoms with Crippen LogP contribution in [0.5, 0.6) is 0 Å². The Labute approximate surface area is 177 Å². The average Bonchev–Trinajstić information content (AvgIpc) is 3.16. The van der Waals surface area contributed by atoms with Gasteiger partial charge in [-0.15, -0.1) is 0 Å². The predicted molar refractivity (Wildman–Crippen MR) is 114 cm³/mol. The maximum atomic E-state index is 12.7. The third-order valence-electron chi connectivity index (χ3n) is 4.61. The molecule has 1 saturated heterocycles. The first-order valence-corrected chi connectivity index (χ1v) is 10.5. The van der Waals surface area contributed by atoms with Crippen molar-refractivity contribution >= 4 is 45.8 Å². The van der Waals surface area contributed by atoms with Gasteiger partial charge in [0, 0.05) is 59.7 Å². The highest BCUT2D eigenvalue weighted by Gasteiger charge is 2.24. The van der Waals surface area contributed by atoms with Crippen molar-refractivity contribution in [1.82, 2.24) is 14.3 Å². The van der Waals surface area contributed by atoms with Crippen LogP contribution in [0.1, 0.15) is 21.7 Å². The van der Waals surface area contributed by atoms with Gasteiger partial charge in [0.25, 0.3) is 5.91 Å². The quantitative estimate of drug-likeness (QED) is 0.612. The molecule has 0 bridgehead atoms. The number of amides is 1. The van der Waals surface area contributed by atoms with E-state index in [1.165, 1.54) is 17.1 Å². The van der Waals surface area contributed by atoms with E-state index in [1.807, 2.05) is 23.1 Å². The van der Waals surface area contributed by atoms with Crippen LogP contribution in [-0.4, -0.2) is 46.3 Å². The van der Waals surface area contributed by atoms with Crippen molar-refractivity contribution in [2.24, 2.45) is 0 Å². The third kappa shape index (κ3) is 4.46. The van der Waals surface area contributed by atoms with E-state index in [4.69, 9.17) is 23.2 Å². The van der Waals surface area contributed by atoms with Crippen LogP contribution in [0.15, 0.2) is 48.5 Å². The monoisotopic (exact) mass is 432 g/mol. The SMILES string of the molecule is O=C(c1cc(Cl)cc(Cl)c1)N1CCN(c2nc(Cc3ccccc3)ns2)CC1. The molecule has 8 heteroatoms. The third-order valence-corrected chi connectivity index (χ3v) is 5.86. The highest BCUT2D eigenvalue weighted by atomic mass is 35.5. The van der Waals surface area contributed by atoms with Crippen molar-refractivity contribution in [1.29, 1.82) is 0 Å². The Morgan fingerprint density at radius 3 is 2.36 bits per heavy atom. The lowest BCUT2D eigenvalue weighted by Crippen LogP contribution is -2.48. The summed E-state index contributed by atoms with van der Waals surface area (Å²) in [4.78, 5) is 21.4. The molecule has 0 unspecified atom stereocenters. The van der Waals surface area contributed by atoms with E-state index in [2.05, 4.69) is 26.4 Å². The lowest BCUT2D eigenvalue weighted by molar-refractivity contribution is 0.0746. The van der Waals surface area contributed by atoms with Crippen LogP contribution in [0.25, 0.3) is 0 Å². The highest BCUT2D eigenvalue weighted by Crippen LogP contribution is 2.23. The maximum Gasteiger partial charge on any atom is 0.254 e. The molecule has 1 aliphatic heterocycles. The van der Waals surface area contributed by atoms with Crippen LogP contribution in [0, 0.1) is 0 Å². The molecule has 5 nitrogen and oxygen atoms in total. The average molecular weight is 433 g/mol. The molecule has 1 fully saturated rings. The number of hydrogen-bond acceptors (Lipinski definition) is 5. The molecule has 1 amide bonds. The van der Waals surface area contributed by atoms with Gasteiger partial charge in [0.2, 0.25) is 5.13 Å². The summed E-state index contributed by atoms with van der Waals surface area (Å²) in [5.41, 5.74) is 1.72. The van der Waals surface area contributed by atoms with Crippen LogP contribution in [-0.2, 0) is 6.42 Å². The van der Waals surface area contributed by atoms with Crippen molar-refractivity contribution in [3.05, 3.63) is 75.5 Å². The first-order chi connectivity index (χ1) is 13.6. The Morgan fingerprint density at radius 1 is 1.00 bits per heavy atom. The summed E-state index contributed by atoms with van der Waals surface area (Å²) in [5, 5.41) is 1.84. The molecule has 0 spiro atoms. The maximum absolute atomic E-state index is 12.7. The Morgan fingerprint density at radius 2 is 1.68 bits per heavy atom. The van der Waals surface area contributed by atoms with Crippen molar-refractivity contribution in [2.45, 2.75) is 6.42 Å². The molecule has 3 aromatic rings. The lowest BCUT2D eigenvalue weighted by atomic mass is 10.1. The number of halogens is 2. The number of hydrogen-bond donors (Lipinski definition) is 0. The number of nitrogens with zero attached hydrogens (tertiary/aromatic N) is 4. The van der Waals surface area contributed by atoms with Crippen LogP contribution in [0.3, 0.4) is 0 Å². The van der Waals surface area contributed by atoms with Crippen LogP contribution in [0.4, 0.5) is 5.13 Å². The Hall–Kier alpha value is -2.15. The minimum atomic E-state index is -0.0499. The normalized spacial score (nSPS) is 14.4. The van der Waals surface area contributed by atoms with E-state index in [0.717, 1.165) is 30.5 Å². The molecule has 4 rings (SSSR count). The molecule has 0 aliphatic carbocycles. The van der Waals surface area contributed by atoms with Crippen molar-refractivity contribution in [3.63, 3.8) is 0 Å². The standard InChI is InChI=1S/C20H18Cl2N4OS/c21-16-11-15(12-17(22)13-16)19(27)25-6-8-26(9-7-25)20-23-18(24-28-20)10-14-4-2-1-3-5-14/h1-5,11-13H,6-10H2. The molecule has 0 saturated carbocycles. The summed E-state index contributed by atoms with van der Waals surface area (Å²) < 4.78 is 4.49. The summed E-state index contributed by atoms with van der Waals surface area (Å²) in [6.45, 7) is 2.69. The molecule has 144 valence electrons. The van der Waals surface area contributed by atoms with Gasteiger partial charge in [0.1, 0.15) is 5.82 Å². The van der Waals surface area contributed by atoms with E-state index >= 15 is 0 Å². The van der Waals surface area contributed by atoms with Gasteiger partial charge in [-0.25, -0.2) is 4.98 Å². The fraction of sp³-hybridized carbons (Fsp3) is 0.250. The number of anilines is 1. The fourth-order valence-corrected chi connectivity index (χ4v) is 4.45. The first-order valence-electron chi connectivity index (χ1n) is 8.95. The van der Waals surface area contributed by atoms with Gasteiger partial charge in [0.15, 0.2) is 0 Å². The Kier molecular flexibility index (Phi) is 5.80. The number of benzene rings is 2. The second kappa shape index (κ2) is 8.47. The Balaban J connectivity index is 1.37. The van der Waals surface area contributed by atoms with Gasteiger partial charge in [-0.1, -0.05) is 53.5 Å². The number of rotatable bonds is 4. The number of carbonyl (C=O) groups excluding carboxylic acids is 1. The minimum Gasteiger partial charge on any atom is -0.343 e. The van der Waals surface area contributed by atoms with E-state index in [-0.39, 0.29) is 5.91 Å². The van der Waals surface area contributed by atoms with Crippen molar-refractivity contribution in [3.8, 4) is 0 Å². The molecule has 28 heavy (non-hydrogen) atoms. The lowest BCUT2D eigenvalue weighted by Gasteiger charge is -2.34. The largest absolute Gasteiger partial charge is 0.343 e. The van der Waals surface area contributed by atoms with Crippen LogP contribution >= 0.6 is 34.7 Å². The van der Waals surface area contributed by atoms with Gasteiger partial charge in [-0.05, 0) is 23.8 Å². The number of piperazine rings is 1. The highest BCUT2D eigenvalue weighted by molar-refractivity contribution is 7.09. The van der Waals surface area contributed by atoms with E-state index < -0.39 is 0 Å². The summed E-state index contributed by atoms with van der Waals surface area (Å²) in [6, 6.07) is 15.1. The summed E-state index contributed by atoms with van der Waals surface area (Å²) in [6.07, 6.45) is 0.727. The molecule has 2 aromatic carbocycles. The fourth-order valence-electron chi connectivity index (χ4n) is 3.18. The zero-order valence-corrected chi connectivity index (χ0v) is 17.3. The molecule has 0 N–H and O–H groups in total. The predicted octanol–water partition coefficient (Wildman–Crippen LogP) is 4.40. The number of aromatic nitrogens is 2. The second-order valence-corrected chi connectivity index (χ2v) is 8.20.